The van der Waals surface area contributed by atoms with Gasteiger partial charge in [-0.1, -0.05) is 116 Å². The smallest absolute Gasteiger partial charge is 0.343 e. The maximum Gasteiger partial charge on any atom is 0.417 e. The molecule has 25 nitrogen and oxygen atoms in total. The van der Waals surface area contributed by atoms with Gasteiger partial charge in [-0.3, -0.25) is 62.5 Å². The summed E-state index contributed by atoms with van der Waals surface area (Å²) in [4.78, 5) is 196. The largest absolute Gasteiger partial charge is 0.417 e. The Morgan fingerprint density at radius 1 is 0.613 bits per heavy atom. The molecule has 2 saturated heterocycles. The predicted octanol–water partition coefficient (Wildman–Crippen LogP) is 6.90. The third-order valence-electron chi connectivity index (χ3n) is 22.6. The minimum Gasteiger partial charge on any atom is -0.343 e. The molecule has 3 aliphatic carbocycles. The molecule has 5 aliphatic rings. The van der Waals surface area contributed by atoms with Crippen molar-refractivity contribution in [2.75, 3.05) is 95.1 Å². The second-order valence-corrected chi connectivity index (χ2v) is 31.3. The molecule has 0 unspecified atom stereocenters. The van der Waals surface area contributed by atoms with E-state index in [0.717, 1.165) is 84.6 Å². The molecule has 5 fully saturated rings. The Balaban J connectivity index is 1.32. The Morgan fingerprint density at radius 2 is 1.21 bits per heavy atom. The number of hydrogen-bond acceptors (Lipinski definition) is 13. The number of carbonyl (C=O) groups excluding carboxylic acids is 12. The number of rotatable bonds is 14. The average molecular weight is 1510 g/mol. The van der Waals surface area contributed by atoms with Crippen LogP contribution in [-0.4, -0.2) is 257 Å². The highest BCUT2D eigenvalue weighted by molar-refractivity contribution is 6.31. The third kappa shape index (κ3) is 22.8. The van der Waals surface area contributed by atoms with Gasteiger partial charge in [0.1, 0.15) is 41.8 Å². The van der Waals surface area contributed by atoms with Crippen LogP contribution in [0.5, 0.6) is 0 Å². The molecule has 106 heavy (non-hydrogen) atoms. The van der Waals surface area contributed by atoms with Crippen LogP contribution in [0.25, 0.3) is 0 Å². The normalized spacial score (nSPS) is 24.8. The number of halogens is 4. The SMILES string of the molecule is CC[C@H](C)[C@@H]1NC(=O)[C@H](CC(C)C)N(C)C(=O)C[C@@H](C(=O)N2CCCCC2)N(C)C(=O)[C@H](C2CCCCC2)N(C)C(=O)C2(CCCC2)NC(=O)CN(CCc2ccncc2)C(=O)[C@H](CCc2ccc(C(F)(F)F)c(Cl)c2)NC(=O)CN(C)C(=O)[C@H](CC2CCCCC2)N(C)C(=O)CN(C)C(=O)CN(C)C1=O. The van der Waals surface area contributed by atoms with Gasteiger partial charge in [0, 0.05) is 81.4 Å². The summed E-state index contributed by atoms with van der Waals surface area (Å²) in [6.45, 7) is 5.52. The molecule has 0 bridgehead atoms. The van der Waals surface area contributed by atoms with Gasteiger partial charge in [-0.05, 0) is 136 Å². The quantitative estimate of drug-likeness (QED) is 0.174. The Hall–Kier alpha value is -7.91. The van der Waals surface area contributed by atoms with Gasteiger partial charge in [0.2, 0.25) is 70.9 Å². The van der Waals surface area contributed by atoms with Crippen molar-refractivity contribution in [2.45, 2.75) is 230 Å². The fourth-order valence-electron chi connectivity index (χ4n) is 15.8. The standard InChI is InChI=1S/C77H115ClF3N13O12/c1-12-51(4)67-73(104)88(7)48-65(98)86(5)49-66(99)90(9)60(44-53-24-16-13-17-25-53)71(102)87(6)46-62(95)83-58(31-29-54-28-30-56(57(78)43-54)77(79,80)81)70(101)94(41-34-52-32-37-82-38-33-52)47-63(96)85-76(35-20-21-36-76)75(106)92(11)68(55-26-18-14-19-27-55)74(105)91(10)61(72(103)93-39-22-15-23-40-93)45-64(97)89(8)59(42-50(2)3)69(100)84-67/h28,30,32-33,37-38,43,50-51,53,55,58-61,67-68H,12-27,29,31,34-36,39-42,44-49H2,1-11H3,(H,83,95)(H,84,100)(H,85,96)/t51-,58-,59-,60-,61-,67-,68-/m0/s1. The van der Waals surface area contributed by atoms with E-state index < -0.39 is 174 Å². The third-order valence-corrected chi connectivity index (χ3v) is 22.9. The van der Waals surface area contributed by atoms with Crippen LogP contribution in [0.15, 0.2) is 42.7 Å². The molecule has 29 heteroatoms. The van der Waals surface area contributed by atoms with E-state index in [1.807, 2.05) is 20.8 Å². The zero-order valence-corrected chi connectivity index (χ0v) is 64.9. The van der Waals surface area contributed by atoms with Crippen LogP contribution in [-0.2, 0) is 76.6 Å². The number of alkyl halides is 3. The number of aromatic nitrogens is 1. The van der Waals surface area contributed by atoms with E-state index in [0.29, 0.717) is 63.6 Å². The topological polar surface area (TPSA) is 283 Å². The fraction of sp³-hybridized carbons (Fsp3) is 0.701. The number of benzene rings is 1. The van der Waals surface area contributed by atoms with Gasteiger partial charge in [0.15, 0.2) is 0 Å². The zero-order chi connectivity index (χ0) is 77.9. The van der Waals surface area contributed by atoms with Gasteiger partial charge in [-0.15, -0.1) is 0 Å². The second kappa shape index (κ2) is 39.3. The molecule has 12 amide bonds. The minimum atomic E-state index is -4.78. The van der Waals surface area contributed by atoms with Crippen molar-refractivity contribution in [2.24, 2.45) is 23.7 Å². The monoisotopic (exact) mass is 1510 g/mol. The summed E-state index contributed by atoms with van der Waals surface area (Å²) in [6.07, 6.45) is 9.44. The molecule has 3 saturated carbocycles. The van der Waals surface area contributed by atoms with E-state index in [1.165, 1.54) is 79.9 Å². The van der Waals surface area contributed by atoms with Crippen LogP contribution in [0.2, 0.25) is 5.02 Å². The van der Waals surface area contributed by atoms with E-state index in [9.17, 15) is 41.9 Å². The lowest BCUT2D eigenvalue weighted by molar-refractivity contribution is -0.157. The summed E-state index contributed by atoms with van der Waals surface area (Å²) >= 11 is 6.21. The molecule has 7 rings (SSSR count). The van der Waals surface area contributed by atoms with E-state index in [-0.39, 0.29) is 68.9 Å². The van der Waals surface area contributed by atoms with Crippen LogP contribution in [0, 0.1) is 23.7 Å². The van der Waals surface area contributed by atoms with E-state index in [4.69, 9.17) is 11.6 Å². The first-order chi connectivity index (χ1) is 50.2. The lowest BCUT2D eigenvalue weighted by Gasteiger charge is -2.43. The number of likely N-dealkylation sites (N-methyl/N-ethyl adjacent to an activating group) is 7. The summed E-state index contributed by atoms with van der Waals surface area (Å²) in [5, 5.41) is 8.13. The highest BCUT2D eigenvalue weighted by Gasteiger charge is 2.50. The highest BCUT2D eigenvalue weighted by Crippen LogP contribution is 2.38. The predicted molar refractivity (Wildman–Crippen MR) is 393 cm³/mol. The second-order valence-electron chi connectivity index (χ2n) is 30.9. The Bertz CT molecular complexity index is 3400. The molecule has 2 aromatic rings. The first-order valence-electron chi connectivity index (χ1n) is 38.2. The number of likely N-dealkylation sites (tertiary alicyclic amines) is 1. The maximum atomic E-state index is 15.9. The van der Waals surface area contributed by atoms with Gasteiger partial charge in [0.25, 0.3) is 0 Å². The van der Waals surface area contributed by atoms with Crippen molar-refractivity contribution in [3.05, 3.63) is 64.4 Å². The highest BCUT2D eigenvalue weighted by atomic mass is 35.5. The van der Waals surface area contributed by atoms with Crippen molar-refractivity contribution in [1.29, 1.82) is 0 Å². The first-order valence-corrected chi connectivity index (χ1v) is 38.6. The molecule has 3 N–H and O–H groups in total. The number of nitrogens with zero attached hydrogens (tertiary/aromatic N) is 10. The number of piperidine rings is 1. The maximum absolute atomic E-state index is 15.9. The van der Waals surface area contributed by atoms with E-state index in [1.54, 1.807) is 36.4 Å². The fourth-order valence-corrected chi connectivity index (χ4v) is 16.1. The summed E-state index contributed by atoms with van der Waals surface area (Å²) in [5.74, 6) is -9.08. The summed E-state index contributed by atoms with van der Waals surface area (Å²) in [5.41, 5.74) is -1.72. The first kappa shape index (κ1) is 85.3. The molecule has 3 heterocycles. The average Bonchev–Trinajstić information content (AvgIpc) is 1.21. The molecule has 0 radical (unpaired) electrons. The summed E-state index contributed by atoms with van der Waals surface area (Å²) in [6, 6.07) is -1.11. The molecular formula is C77H115ClF3N13O12. The number of nitrogens with one attached hydrogen (secondary N) is 3. The molecule has 1 aromatic heterocycles. The van der Waals surface area contributed by atoms with Crippen molar-refractivity contribution in [1.82, 2.24) is 65.0 Å². The Morgan fingerprint density at radius 3 is 1.81 bits per heavy atom. The minimum absolute atomic E-state index is 0.00108. The van der Waals surface area contributed by atoms with Gasteiger partial charge in [0.05, 0.1) is 43.2 Å². The number of hydrogen-bond donors (Lipinski definition) is 3. The number of amides is 12. The number of aryl methyl sites for hydroxylation is 1. The molecular weight excluding hydrogens is 1390 g/mol. The number of carbonyl (C=O) groups is 12. The van der Waals surface area contributed by atoms with Crippen LogP contribution < -0.4 is 16.0 Å². The molecule has 1 aromatic carbocycles. The molecule has 7 atom stereocenters. The van der Waals surface area contributed by atoms with Crippen LogP contribution >= 0.6 is 11.6 Å². The van der Waals surface area contributed by atoms with Crippen LogP contribution in [0.3, 0.4) is 0 Å². The van der Waals surface area contributed by atoms with Gasteiger partial charge < -0.3 is 60.0 Å². The number of pyridine rings is 1. The van der Waals surface area contributed by atoms with Crippen LogP contribution in [0.4, 0.5) is 13.2 Å². The van der Waals surface area contributed by atoms with Gasteiger partial charge in [-0.2, -0.15) is 13.2 Å². The Kier molecular flexibility index (Phi) is 31.6. The lowest BCUT2D eigenvalue weighted by atomic mass is 9.81. The molecule has 2 aliphatic heterocycles. The van der Waals surface area contributed by atoms with Crippen molar-refractivity contribution in [3.8, 4) is 0 Å². The molecule has 588 valence electrons. The van der Waals surface area contributed by atoms with Crippen LogP contribution in [0.1, 0.15) is 186 Å². The van der Waals surface area contributed by atoms with Crippen molar-refractivity contribution >= 4 is 82.5 Å². The molecule has 1 spiro atoms. The summed E-state index contributed by atoms with van der Waals surface area (Å²) < 4.78 is 42.0. The van der Waals surface area contributed by atoms with E-state index >= 15 is 28.8 Å². The van der Waals surface area contributed by atoms with Gasteiger partial charge >= 0.3 is 6.18 Å². The lowest BCUT2D eigenvalue weighted by Crippen LogP contribution is -2.64. The Labute approximate surface area is 628 Å². The summed E-state index contributed by atoms with van der Waals surface area (Å²) in [7, 11) is 9.98. The van der Waals surface area contributed by atoms with Crippen molar-refractivity contribution < 1.29 is 70.7 Å². The zero-order valence-electron chi connectivity index (χ0n) is 64.1. The van der Waals surface area contributed by atoms with E-state index in [2.05, 4.69) is 20.9 Å². The van der Waals surface area contributed by atoms with Crippen molar-refractivity contribution in [3.63, 3.8) is 0 Å². The van der Waals surface area contributed by atoms with Gasteiger partial charge in [-0.25, -0.2) is 0 Å².